The molecule has 6 heteroatoms. The van der Waals surface area contributed by atoms with Crippen LogP contribution in [-0.2, 0) is 12.2 Å². The first-order chi connectivity index (χ1) is 12.5. The van der Waals surface area contributed by atoms with E-state index in [0.717, 1.165) is 34.0 Å². The van der Waals surface area contributed by atoms with Crippen LogP contribution in [0.25, 0.3) is 0 Å². The molecule has 0 atom stereocenters. The lowest BCUT2D eigenvalue weighted by Gasteiger charge is -2.09. The maximum atomic E-state index is 6.07. The Kier molecular flexibility index (Phi) is 6.41. The van der Waals surface area contributed by atoms with Crippen LogP contribution in [0.1, 0.15) is 23.7 Å². The third-order valence-corrected chi connectivity index (χ3v) is 5.28. The number of nitrogens with zero attached hydrogens (tertiary/aromatic N) is 2. The summed E-state index contributed by atoms with van der Waals surface area (Å²) < 4.78 is 5.92. The van der Waals surface area contributed by atoms with Crippen LogP contribution in [0.15, 0.2) is 53.7 Å². The van der Waals surface area contributed by atoms with Gasteiger partial charge in [0.1, 0.15) is 5.75 Å². The van der Waals surface area contributed by atoms with Gasteiger partial charge in [-0.15, -0.1) is 0 Å². The minimum atomic E-state index is 0.534. The van der Waals surface area contributed by atoms with Crippen molar-refractivity contribution in [2.24, 2.45) is 0 Å². The number of aromatic nitrogens is 2. The van der Waals surface area contributed by atoms with Gasteiger partial charge in [-0.1, -0.05) is 54.0 Å². The summed E-state index contributed by atoms with van der Waals surface area (Å²) >= 11 is 13.7. The molecule has 0 unspecified atom stereocenters. The lowest BCUT2D eigenvalue weighted by Crippen LogP contribution is -1.97. The summed E-state index contributed by atoms with van der Waals surface area (Å²) in [4.78, 5) is 9.11. The van der Waals surface area contributed by atoms with Gasteiger partial charge in [0, 0.05) is 27.6 Å². The number of aryl methyl sites for hydroxylation is 2. The van der Waals surface area contributed by atoms with Gasteiger partial charge >= 0.3 is 0 Å². The fraction of sp³-hybridized carbons (Fsp3) is 0.200. The van der Waals surface area contributed by atoms with E-state index in [-0.39, 0.29) is 0 Å². The molecule has 0 saturated heterocycles. The second kappa shape index (κ2) is 8.76. The van der Waals surface area contributed by atoms with Crippen molar-refractivity contribution in [1.29, 1.82) is 0 Å². The summed E-state index contributed by atoms with van der Waals surface area (Å²) in [6, 6.07) is 15.2. The van der Waals surface area contributed by atoms with Crippen molar-refractivity contribution in [3.8, 4) is 11.6 Å². The van der Waals surface area contributed by atoms with Crippen molar-refractivity contribution < 1.29 is 4.74 Å². The van der Waals surface area contributed by atoms with Crippen molar-refractivity contribution in [3.63, 3.8) is 0 Å². The molecule has 0 bridgehead atoms. The molecule has 0 saturated carbocycles. The van der Waals surface area contributed by atoms with Gasteiger partial charge < -0.3 is 4.74 Å². The molecule has 1 heterocycles. The van der Waals surface area contributed by atoms with Crippen molar-refractivity contribution in [1.82, 2.24) is 9.97 Å². The fourth-order valence-electron chi connectivity index (χ4n) is 2.32. The molecular weight excluding hydrogens is 387 g/mol. The predicted octanol–water partition coefficient (Wildman–Crippen LogP) is 6.74. The van der Waals surface area contributed by atoms with Crippen molar-refractivity contribution in [3.05, 3.63) is 75.4 Å². The molecule has 0 N–H and O–H groups in total. The summed E-state index contributed by atoms with van der Waals surface area (Å²) in [6.07, 6.45) is 0.809. The van der Waals surface area contributed by atoms with Crippen LogP contribution >= 0.6 is 35.0 Å². The van der Waals surface area contributed by atoms with E-state index in [4.69, 9.17) is 27.9 Å². The van der Waals surface area contributed by atoms with E-state index in [1.807, 2.05) is 55.5 Å². The molecule has 26 heavy (non-hydrogen) atoms. The Bertz CT molecular complexity index is 918. The van der Waals surface area contributed by atoms with Gasteiger partial charge in [-0.05, 0) is 54.8 Å². The summed E-state index contributed by atoms with van der Waals surface area (Å²) in [6.45, 7) is 4.00. The average molecular weight is 405 g/mol. The van der Waals surface area contributed by atoms with Crippen LogP contribution in [-0.4, -0.2) is 9.97 Å². The summed E-state index contributed by atoms with van der Waals surface area (Å²) in [5.41, 5.74) is 3.03. The summed E-state index contributed by atoms with van der Waals surface area (Å²) in [5.74, 6) is 1.98. The Morgan fingerprint density at radius 2 is 1.88 bits per heavy atom. The zero-order valence-corrected chi connectivity index (χ0v) is 16.8. The molecule has 3 nitrogen and oxygen atoms in total. The Morgan fingerprint density at radius 3 is 2.62 bits per heavy atom. The highest BCUT2D eigenvalue weighted by Crippen LogP contribution is 2.28. The normalized spacial score (nSPS) is 10.8. The topological polar surface area (TPSA) is 35.0 Å². The molecule has 0 aliphatic carbocycles. The third kappa shape index (κ3) is 5.13. The van der Waals surface area contributed by atoms with Gasteiger partial charge in [0.2, 0.25) is 5.88 Å². The molecule has 0 fully saturated rings. The molecule has 0 radical (unpaired) electrons. The molecule has 3 rings (SSSR count). The van der Waals surface area contributed by atoms with E-state index in [1.54, 1.807) is 11.8 Å². The van der Waals surface area contributed by atoms with Crippen molar-refractivity contribution in [2.45, 2.75) is 31.2 Å². The molecule has 3 aromatic rings. The standard InChI is InChI=1S/C20H18Cl2N2OS/c1-3-16-11-19(25-17-7-8-18(22)13(2)9-17)24-20(23-16)26-12-14-5-4-6-15(21)10-14/h4-11H,3,12H2,1-2H3. The maximum Gasteiger partial charge on any atom is 0.223 e. The number of benzene rings is 2. The Labute approximate surface area is 167 Å². The fourth-order valence-corrected chi connectivity index (χ4v) is 3.47. The van der Waals surface area contributed by atoms with Crippen LogP contribution in [0, 0.1) is 6.92 Å². The van der Waals surface area contributed by atoms with Gasteiger partial charge in [-0.2, -0.15) is 4.98 Å². The Morgan fingerprint density at radius 1 is 1.04 bits per heavy atom. The van der Waals surface area contributed by atoms with Gasteiger partial charge in [0.05, 0.1) is 0 Å². The average Bonchev–Trinajstić information content (AvgIpc) is 2.63. The number of hydrogen-bond donors (Lipinski definition) is 0. The number of halogens is 2. The first kappa shape index (κ1) is 19.0. The third-order valence-electron chi connectivity index (χ3n) is 3.71. The lowest BCUT2D eigenvalue weighted by molar-refractivity contribution is 0.453. The molecule has 0 amide bonds. The number of ether oxygens (including phenoxy) is 1. The van der Waals surface area contributed by atoms with E-state index in [0.29, 0.717) is 21.8 Å². The zero-order chi connectivity index (χ0) is 18.5. The first-order valence-electron chi connectivity index (χ1n) is 8.22. The molecular formula is C20H18Cl2N2OS. The van der Waals surface area contributed by atoms with Gasteiger partial charge in [0.25, 0.3) is 0 Å². The number of hydrogen-bond acceptors (Lipinski definition) is 4. The molecule has 0 aliphatic heterocycles. The minimum absolute atomic E-state index is 0.534. The lowest BCUT2D eigenvalue weighted by atomic mass is 10.2. The Hall–Kier alpha value is -1.75. The van der Waals surface area contributed by atoms with Crippen LogP contribution in [0.2, 0.25) is 10.0 Å². The molecule has 0 spiro atoms. The van der Waals surface area contributed by atoms with Gasteiger partial charge in [-0.3, -0.25) is 0 Å². The highest BCUT2D eigenvalue weighted by molar-refractivity contribution is 7.98. The van der Waals surface area contributed by atoms with Crippen LogP contribution in [0.3, 0.4) is 0 Å². The van der Waals surface area contributed by atoms with Crippen molar-refractivity contribution >= 4 is 35.0 Å². The van der Waals surface area contributed by atoms with E-state index in [1.165, 1.54) is 0 Å². The van der Waals surface area contributed by atoms with Gasteiger partial charge in [0.15, 0.2) is 5.16 Å². The monoisotopic (exact) mass is 404 g/mol. The summed E-state index contributed by atoms with van der Waals surface area (Å²) in [7, 11) is 0. The smallest absolute Gasteiger partial charge is 0.223 e. The zero-order valence-electron chi connectivity index (χ0n) is 14.5. The van der Waals surface area contributed by atoms with Gasteiger partial charge in [-0.25, -0.2) is 4.98 Å². The number of thioether (sulfide) groups is 1. The second-order valence-corrected chi connectivity index (χ2v) is 7.55. The van der Waals surface area contributed by atoms with E-state index < -0.39 is 0 Å². The highest BCUT2D eigenvalue weighted by Gasteiger charge is 2.08. The Balaban J connectivity index is 1.78. The molecule has 0 aliphatic rings. The van der Waals surface area contributed by atoms with Crippen LogP contribution in [0.5, 0.6) is 11.6 Å². The van der Waals surface area contributed by atoms with E-state index >= 15 is 0 Å². The number of rotatable bonds is 6. The quantitative estimate of drug-likeness (QED) is 0.336. The minimum Gasteiger partial charge on any atom is -0.439 e. The highest BCUT2D eigenvalue weighted by atomic mass is 35.5. The van der Waals surface area contributed by atoms with Crippen LogP contribution in [0.4, 0.5) is 0 Å². The molecule has 2 aromatic carbocycles. The first-order valence-corrected chi connectivity index (χ1v) is 9.97. The second-order valence-electron chi connectivity index (χ2n) is 5.77. The van der Waals surface area contributed by atoms with Crippen LogP contribution < -0.4 is 4.74 Å². The molecule has 1 aromatic heterocycles. The summed E-state index contributed by atoms with van der Waals surface area (Å²) in [5, 5.41) is 2.13. The largest absolute Gasteiger partial charge is 0.439 e. The molecule has 134 valence electrons. The SMILES string of the molecule is CCc1cc(Oc2ccc(Cl)c(C)c2)nc(SCc2cccc(Cl)c2)n1. The van der Waals surface area contributed by atoms with Crippen molar-refractivity contribution in [2.75, 3.05) is 0 Å². The maximum absolute atomic E-state index is 6.07. The van der Waals surface area contributed by atoms with E-state index in [9.17, 15) is 0 Å². The van der Waals surface area contributed by atoms with E-state index in [2.05, 4.69) is 16.9 Å². The predicted molar refractivity (Wildman–Crippen MR) is 109 cm³/mol.